The molecule has 136 valence electrons. The number of nitrogens with zero attached hydrogens (tertiary/aromatic N) is 1. The summed E-state index contributed by atoms with van der Waals surface area (Å²) in [7, 11) is 1.79. The van der Waals surface area contributed by atoms with Gasteiger partial charge in [-0.25, -0.2) is 0 Å². The summed E-state index contributed by atoms with van der Waals surface area (Å²) >= 11 is 9.73. The topological polar surface area (TPSA) is 66.9 Å². The lowest BCUT2D eigenvalue weighted by Gasteiger charge is -2.38. The van der Waals surface area contributed by atoms with Crippen LogP contribution in [-0.4, -0.2) is 15.6 Å². The van der Waals surface area contributed by atoms with E-state index in [-0.39, 0.29) is 11.3 Å². The lowest BCUT2D eigenvalue weighted by molar-refractivity contribution is -0.124. The molecule has 0 fully saturated rings. The minimum atomic E-state index is -0.447. The van der Waals surface area contributed by atoms with Crippen molar-refractivity contribution in [2.75, 3.05) is 5.32 Å². The molecule has 1 aliphatic heterocycles. The maximum absolute atomic E-state index is 13.3. The maximum Gasteiger partial charge on any atom is 0.270 e. The van der Waals surface area contributed by atoms with Gasteiger partial charge in [0, 0.05) is 34.1 Å². The SMILES string of the molecule is Cn1[nH]c(=O)c2c1NC1=C(C(=O)C(C)(C)CC1)C2c1ccc(Br)c(Cl)c1. The number of aromatic amines is 1. The Bertz CT molecular complexity index is 1030. The summed E-state index contributed by atoms with van der Waals surface area (Å²) in [5.41, 5.74) is 2.36. The number of benzene rings is 1. The van der Waals surface area contributed by atoms with E-state index in [0.29, 0.717) is 22.0 Å². The van der Waals surface area contributed by atoms with Crippen molar-refractivity contribution in [3.05, 3.63) is 60.4 Å². The molecule has 0 saturated heterocycles. The third-order valence-electron chi connectivity index (χ3n) is 5.41. The predicted octanol–water partition coefficient (Wildman–Crippen LogP) is 4.33. The first kappa shape index (κ1) is 17.6. The van der Waals surface area contributed by atoms with Crippen LogP contribution in [0.5, 0.6) is 0 Å². The summed E-state index contributed by atoms with van der Waals surface area (Å²) < 4.78 is 2.46. The molecule has 0 bridgehead atoms. The first-order chi connectivity index (χ1) is 12.2. The molecule has 1 atom stereocenters. The molecule has 1 aliphatic carbocycles. The van der Waals surface area contributed by atoms with Crippen LogP contribution in [0.4, 0.5) is 5.82 Å². The van der Waals surface area contributed by atoms with Crippen molar-refractivity contribution in [1.82, 2.24) is 9.78 Å². The molecule has 7 heteroatoms. The van der Waals surface area contributed by atoms with E-state index in [1.165, 1.54) is 0 Å². The summed E-state index contributed by atoms with van der Waals surface area (Å²) in [5, 5.41) is 6.69. The number of hydrogen-bond donors (Lipinski definition) is 2. The molecule has 0 saturated carbocycles. The Morgan fingerprint density at radius 1 is 1.31 bits per heavy atom. The number of aryl methyl sites for hydroxylation is 1. The molecule has 2 N–H and O–H groups in total. The first-order valence-electron chi connectivity index (χ1n) is 8.49. The molecule has 4 rings (SSSR count). The molecular weight excluding hydrogens is 418 g/mol. The van der Waals surface area contributed by atoms with Crippen LogP contribution in [-0.2, 0) is 11.8 Å². The van der Waals surface area contributed by atoms with Crippen LogP contribution in [0.2, 0.25) is 5.02 Å². The molecule has 0 amide bonds. The summed E-state index contributed by atoms with van der Waals surface area (Å²) in [6.07, 6.45) is 1.55. The fourth-order valence-corrected chi connectivity index (χ4v) is 4.35. The Labute approximate surface area is 164 Å². The van der Waals surface area contributed by atoms with E-state index >= 15 is 0 Å². The molecule has 1 aromatic heterocycles. The number of halogens is 2. The second kappa shape index (κ2) is 5.86. The average Bonchev–Trinajstić information content (AvgIpc) is 2.86. The predicted molar refractivity (Wildman–Crippen MR) is 106 cm³/mol. The molecule has 1 aromatic carbocycles. The van der Waals surface area contributed by atoms with Crippen molar-refractivity contribution < 1.29 is 4.79 Å². The minimum Gasteiger partial charge on any atom is -0.343 e. The quantitative estimate of drug-likeness (QED) is 0.699. The number of hydrogen-bond acceptors (Lipinski definition) is 3. The van der Waals surface area contributed by atoms with E-state index in [4.69, 9.17) is 11.6 Å². The van der Waals surface area contributed by atoms with Crippen molar-refractivity contribution in [1.29, 1.82) is 0 Å². The molecule has 1 unspecified atom stereocenters. The largest absolute Gasteiger partial charge is 0.343 e. The number of carbonyl (C=O) groups excluding carboxylic acids is 1. The van der Waals surface area contributed by atoms with Crippen LogP contribution in [0, 0.1) is 5.41 Å². The van der Waals surface area contributed by atoms with Gasteiger partial charge in [0.1, 0.15) is 5.82 Å². The van der Waals surface area contributed by atoms with E-state index in [1.807, 2.05) is 32.0 Å². The summed E-state index contributed by atoms with van der Waals surface area (Å²) in [6, 6.07) is 5.61. The molecule has 2 heterocycles. The summed E-state index contributed by atoms with van der Waals surface area (Å²) in [4.78, 5) is 26.0. The number of ketones is 1. The van der Waals surface area contributed by atoms with Crippen molar-refractivity contribution in [2.45, 2.75) is 32.6 Å². The maximum atomic E-state index is 13.3. The lowest BCUT2D eigenvalue weighted by Crippen LogP contribution is -2.37. The van der Waals surface area contributed by atoms with Crippen LogP contribution in [0.1, 0.15) is 43.7 Å². The highest BCUT2D eigenvalue weighted by molar-refractivity contribution is 9.10. The highest BCUT2D eigenvalue weighted by atomic mass is 79.9. The van der Waals surface area contributed by atoms with Crippen molar-refractivity contribution in [2.24, 2.45) is 12.5 Å². The number of fused-ring (bicyclic) bond motifs is 1. The Morgan fingerprint density at radius 2 is 2.04 bits per heavy atom. The van der Waals surface area contributed by atoms with Crippen molar-refractivity contribution in [3.63, 3.8) is 0 Å². The van der Waals surface area contributed by atoms with Crippen LogP contribution >= 0.6 is 27.5 Å². The Morgan fingerprint density at radius 3 is 2.73 bits per heavy atom. The number of aromatic nitrogens is 2. The van der Waals surface area contributed by atoms with Crippen LogP contribution in [0.15, 0.2) is 38.7 Å². The van der Waals surface area contributed by atoms with Gasteiger partial charge in [0.05, 0.1) is 10.6 Å². The molecule has 5 nitrogen and oxygen atoms in total. The third kappa shape index (κ3) is 2.50. The van der Waals surface area contributed by atoms with Gasteiger partial charge in [0.15, 0.2) is 5.78 Å². The van der Waals surface area contributed by atoms with E-state index in [1.54, 1.807) is 11.7 Å². The summed E-state index contributed by atoms with van der Waals surface area (Å²) in [6.45, 7) is 3.94. The van der Waals surface area contributed by atoms with E-state index in [9.17, 15) is 9.59 Å². The highest BCUT2D eigenvalue weighted by Crippen LogP contribution is 2.48. The van der Waals surface area contributed by atoms with Crippen molar-refractivity contribution in [3.8, 4) is 0 Å². The van der Waals surface area contributed by atoms with E-state index in [2.05, 4.69) is 26.3 Å². The molecule has 2 aromatic rings. The second-order valence-corrected chi connectivity index (χ2v) is 8.86. The first-order valence-corrected chi connectivity index (χ1v) is 9.66. The van der Waals surface area contributed by atoms with Gasteiger partial charge in [-0.1, -0.05) is 31.5 Å². The number of allylic oxidation sites excluding steroid dienone is 2. The second-order valence-electron chi connectivity index (χ2n) is 7.60. The van der Waals surface area contributed by atoms with Gasteiger partial charge in [0.25, 0.3) is 5.56 Å². The van der Waals surface area contributed by atoms with Gasteiger partial charge in [0.2, 0.25) is 0 Å². The van der Waals surface area contributed by atoms with Gasteiger partial charge >= 0.3 is 0 Å². The number of nitrogens with one attached hydrogen (secondary N) is 2. The zero-order valence-corrected chi connectivity index (χ0v) is 17.1. The van der Waals surface area contributed by atoms with Crippen LogP contribution in [0.3, 0.4) is 0 Å². The third-order valence-corrected chi connectivity index (χ3v) is 6.64. The van der Waals surface area contributed by atoms with Gasteiger partial charge in [-0.3, -0.25) is 19.4 Å². The highest BCUT2D eigenvalue weighted by Gasteiger charge is 2.44. The van der Waals surface area contributed by atoms with Gasteiger partial charge in [-0.2, -0.15) is 0 Å². The zero-order chi connectivity index (χ0) is 18.8. The number of carbonyl (C=O) groups is 1. The molecule has 2 aliphatic rings. The minimum absolute atomic E-state index is 0.0872. The Balaban J connectivity index is 2.00. The number of Topliss-reactive ketones (excluding diaryl/α,β-unsaturated/α-hetero) is 1. The normalized spacial score (nSPS) is 21.3. The van der Waals surface area contributed by atoms with Gasteiger partial charge in [-0.05, 0) is 46.5 Å². The standard InChI is InChI=1S/C19H19BrClN3O2/c1-19(2)7-6-12-14(16(19)25)13(9-4-5-10(20)11(21)8-9)15-17(22-12)24(3)23-18(15)26/h4-5,8,13,22H,6-7H2,1-3H3,(H,23,26). The Hall–Kier alpha value is -1.79. The van der Waals surface area contributed by atoms with Crippen molar-refractivity contribution >= 4 is 39.1 Å². The number of anilines is 1. The number of H-pyrrole nitrogens is 1. The van der Waals surface area contributed by atoms with E-state index in [0.717, 1.165) is 28.6 Å². The fourth-order valence-electron chi connectivity index (χ4n) is 3.91. The molecular formula is C19H19BrClN3O2. The van der Waals surface area contributed by atoms with E-state index < -0.39 is 11.3 Å². The van der Waals surface area contributed by atoms with Gasteiger partial charge < -0.3 is 5.32 Å². The average molecular weight is 437 g/mol. The van der Waals surface area contributed by atoms with Gasteiger partial charge in [-0.15, -0.1) is 0 Å². The lowest BCUT2D eigenvalue weighted by atomic mass is 9.68. The zero-order valence-electron chi connectivity index (χ0n) is 14.7. The number of rotatable bonds is 1. The molecule has 0 spiro atoms. The summed E-state index contributed by atoms with van der Waals surface area (Å²) in [5.74, 6) is 0.373. The van der Waals surface area contributed by atoms with Crippen LogP contribution < -0.4 is 10.9 Å². The fraction of sp³-hybridized carbons (Fsp3) is 0.368. The Kier molecular flexibility index (Phi) is 3.97. The smallest absolute Gasteiger partial charge is 0.270 e. The van der Waals surface area contributed by atoms with Crippen LogP contribution in [0.25, 0.3) is 0 Å². The monoisotopic (exact) mass is 435 g/mol. The molecule has 0 radical (unpaired) electrons. The molecule has 26 heavy (non-hydrogen) atoms.